The van der Waals surface area contributed by atoms with Crippen LogP contribution in [0.15, 0.2) is 10.6 Å². The average Bonchev–Trinajstić information content (AvgIpc) is 2.73. The molecular weight excluding hydrogens is 234 g/mol. The van der Waals surface area contributed by atoms with Gasteiger partial charge in [0.2, 0.25) is 0 Å². The van der Waals surface area contributed by atoms with E-state index in [0.717, 1.165) is 5.76 Å². The molecule has 0 aromatic carbocycles. The van der Waals surface area contributed by atoms with E-state index < -0.39 is 12.6 Å². The molecule has 0 spiro atoms. The van der Waals surface area contributed by atoms with Crippen LogP contribution >= 0.6 is 0 Å². The first-order chi connectivity index (χ1) is 8.30. The van der Waals surface area contributed by atoms with E-state index >= 15 is 0 Å². The van der Waals surface area contributed by atoms with Gasteiger partial charge < -0.3 is 14.7 Å². The van der Waals surface area contributed by atoms with Crippen LogP contribution in [-0.2, 0) is 5.41 Å². The number of rotatable bonds is 1. The van der Waals surface area contributed by atoms with Gasteiger partial charge in [-0.25, -0.2) is 0 Å². The Morgan fingerprint density at radius 2 is 2.06 bits per heavy atom. The average molecular weight is 255 g/mol. The third-order valence-corrected chi connectivity index (χ3v) is 3.21. The highest BCUT2D eigenvalue weighted by Crippen LogP contribution is 2.29. The van der Waals surface area contributed by atoms with Crippen LogP contribution < -0.4 is 4.90 Å². The monoisotopic (exact) mass is 255 g/mol. The molecule has 2 N–H and O–H groups in total. The molecule has 0 aliphatic carbocycles. The van der Waals surface area contributed by atoms with E-state index in [0.29, 0.717) is 18.8 Å². The molecule has 1 aromatic heterocycles. The Hall–Kier alpha value is -1.11. The van der Waals surface area contributed by atoms with Crippen molar-refractivity contribution >= 4 is 5.82 Å². The zero-order valence-corrected chi connectivity index (χ0v) is 11.3. The second kappa shape index (κ2) is 4.53. The molecule has 6 heteroatoms. The molecule has 102 valence electrons. The third-order valence-electron chi connectivity index (χ3n) is 3.21. The summed E-state index contributed by atoms with van der Waals surface area (Å²) < 4.78 is 5.28. The van der Waals surface area contributed by atoms with E-state index in [1.54, 1.807) is 18.0 Å². The van der Waals surface area contributed by atoms with Crippen molar-refractivity contribution in [2.24, 2.45) is 0 Å². The van der Waals surface area contributed by atoms with E-state index in [1.165, 1.54) is 4.90 Å². The Morgan fingerprint density at radius 1 is 1.39 bits per heavy atom. The Morgan fingerprint density at radius 3 is 2.61 bits per heavy atom. The molecule has 1 fully saturated rings. The van der Waals surface area contributed by atoms with Crippen molar-refractivity contribution in [3.05, 3.63) is 11.8 Å². The van der Waals surface area contributed by atoms with Crippen molar-refractivity contribution in [2.45, 2.75) is 45.2 Å². The lowest BCUT2D eigenvalue weighted by atomic mass is 9.93. The minimum absolute atomic E-state index is 0.150. The normalized spacial score (nSPS) is 26.7. The molecule has 0 bridgehead atoms. The first-order valence-corrected chi connectivity index (χ1v) is 6.12. The molecule has 2 heterocycles. The maximum atomic E-state index is 10.1. The lowest BCUT2D eigenvalue weighted by Crippen LogP contribution is -2.57. The standard InChI is InChI=1S/C12H21N3O3/c1-12(2,3)8-7-9(13-18-8)15-10(16)5-6-14(4)11(15)17/h7,10-11,16-17H,5-6H2,1-4H3. The number of hydrogen-bond donors (Lipinski definition) is 2. The highest BCUT2D eigenvalue weighted by Gasteiger charge is 2.34. The highest BCUT2D eigenvalue weighted by atomic mass is 16.5. The maximum absolute atomic E-state index is 10.1. The minimum Gasteiger partial charge on any atom is -0.373 e. The molecule has 1 saturated heterocycles. The summed E-state index contributed by atoms with van der Waals surface area (Å²) in [5.74, 6) is 1.19. The van der Waals surface area contributed by atoms with Gasteiger partial charge in [0.05, 0.1) is 0 Å². The smallest absolute Gasteiger partial charge is 0.189 e. The summed E-state index contributed by atoms with van der Waals surface area (Å²) in [5, 5.41) is 24.0. The molecular formula is C12H21N3O3. The van der Waals surface area contributed by atoms with Crippen molar-refractivity contribution in [1.82, 2.24) is 10.1 Å². The largest absolute Gasteiger partial charge is 0.373 e. The van der Waals surface area contributed by atoms with Crippen molar-refractivity contribution in [3.8, 4) is 0 Å². The van der Waals surface area contributed by atoms with Crippen LogP contribution in [0, 0.1) is 0 Å². The van der Waals surface area contributed by atoms with Crippen LogP contribution in [-0.4, -0.2) is 46.4 Å². The van der Waals surface area contributed by atoms with Crippen molar-refractivity contribution in [3.63, 3.8) is 0 Å². The lowest BCUT2D eigenvalue weighted by molar-refractivity contribution is -0.0510. The Balaban J connectivity index is 2.27. The van der Waals surface area contributed by atoms with Crippen molar-refractivity contribution in [2.75, 3.05) is 18.5 Å². The van der Waals surface area contributed by atoms with E-state index in [-0.39, 0.29) is 5.41 Å². The molecule has 1 aromatic rings. The molecule has 0 saturated carbocycles. The maximum Gasteiger partial charge on any atom is 0.189 e. The zero-order valence-electron chi connectivity index (χ0n) is 11.3. The molecule has 18 heavy (non-hydrogen) atoms. The molecule has 1 aliphatic heterocycles. The van der Waals surface area contributed by atoms with Crippen molar-refractivity contribution < 1.29 is 14.7 Å². The second-order valence-electron chi connectivity index (χ2n) is 5.80. The van der Waals surface area contributed by atoms with Crippen LogP contribution in [0.25, 0.3) is 0 Å². The van der Waals surface area contributed by atoms with Crippen LogP contribution in [0.2, 0.25) is 0 Å². The minimum atomic E-state index is -0.883. The summed E-state index contributed by atoms with van der Waals surface area (Å²) in [6, 6.07) is 1.77. The van der Waals surface area contributed by atoms with Gasteiger partial charge in [0.1, 0.15) is 12.0 Å². The van der Waals surface area contributed by atoms with Gasteiger partial charge in [-0.1, -0.05) is 25.9 Å². The predicted octanol–water partition coefficient (Wildman–Crippen LogP) is 0.708. The quantitative estimate of drug-likeness (QED) is 0.770. The highest BCUT2D eigenvalue weighted by molar-refractivity contribution is 5.41. The molecule has 2 unspecified atom stereocenters. The summed E-state index contributed by atoms with van der Waals surface area (Å²) in [4.78, 5) is 3.21. The molecule has 0 amide bonds. The van der Waals surface area contributed by atoms with Crippen LogP contribution in [0.4, 0.5) is 5.82 Å². The van der Waals surface area contributed by atoms with Crippen molar-refractivity contribution in [1.29, 1.82) is 0 Å². The summed E-state index contributed by atoms with van der Waals surface area (Å²) in [6.45, 7) is 6.70. The van der Waals surface area contributed by atoms with Crippen LogP contribution in [0.5, 0.6) is 0 Å². The number of hydrogen-bond acceptors (Lipinski definition) is 6. The van der Waals surface area contributed by atoms with Gasteiger partial charge in [-0.3, -0.25) is 9.80 Å². The summed E-state index contributed by atoms with van der Waals surface area (Å²) >= 11 is 0. The zero-order chi connectivity index (χ0) is 13.5. The fourth-order valence-corrected chi connectivity index (χ4v) is 1.95. The van der Waals surface area contributed by atoms with Gasteiger partial charge in [0.25, 0.3) is 0 Å². The van der Waals surface area contributed by atoms with Gasteiger partial charge in [-0.2, -0.15) is 0 Å². The van der Waals surface area contributed by atoms with Gasteiger partial charge in [0.15, 0.2) is 12.2 Å². The Kier molecular flexibility index (Phi) is 3.35. The molecule has 0 radical (unpaired) electrons. The van der Waals surface area contributed by atoms with Crippen LogP contribution in [0.3, 0.4) is 0 Å². The van der Waals surface area contributed by atoms with Gasteiger partial charge in [-0.05, 0) is 7.05 Å². The number of aromatic nitrogens is 1. The first-order valence-electron chi connectivity index (χ1n) is 6.12. The molecule has 6 nitrogen and oxygen atoms in total. The number of aliphatic hydroxyl groups is 2. The number of aliphatic hydroxyl groups excluding tert-OH is 2. The Labute approximate surface area is 107 Å². The molecule has 2 atom stereocenters. The van der Waals surface area contributed by atoms with Gasteiger partial charge in [0, 0.05) is 24.4 Å². The second-order valence-corrected chi connectivity index (χ2v) is 5.80. The third kappa shape index (κ3) is 2.36. The van der Waals surface area contributed by atoms with Crippen LogP contribution in [0.1, 0.15) is 33.0 Å². The fourth-order valence-electron chi connectivity index (χ4n) is 1.95. The van der Waals surface area contributed by atoms with Gasteiger partial charge in [-0.15, -0.1) is 0 Å². The van der Waals surface area contributed by atoms with E-state index in [1.807, 2.05) is 20.8 Å². The van der Waals surface area contributed by atoms with E-state index in [2.05, 4.69) is 5.16 Å². The summed E-state index contributed by atoms with van der Waals surface area (Å²) in [5.41, 5.74) is -0.150. The molecule has 1 aliphatic rings. The van der Waals surface area contributed by atoms with E-state index in [4.69, 9.17) is 4.52 Å². The lowest BCUT2D eigenvalue weighted by Gasteiger charge is -2.41. The topological polar surface area (TPSA) is 73.0 Å². The first kappa shape index (κ1) is 13.3. The number of nitrogens with zero attached hydrogens (tertiary/aromatic N) is 3. The molecule has 2 rings (SSSR count). The van der Waals surface area contributed by atoms with Gasteiger partial charge >= 0.3 is 0 Å². The SMILES string of the molecule is CN1CCC(O)N(c2cc(C(C)(C)C)on2)C1O. The Bertz CT molecular complexity index is 413. The summed E-state index contributed by atoms with van der Waals surface area (Å²) in [6.07, 6.45) is -1.06. The fraction of sp³-hybridized carbons (Fsp3) is 0.750. The van der Waals surface area contributed by atoms with E-state index in [9.17, 15) is 10.2 Å². The summed E-state index contributed by atoms with van der Waals surface area (Å²) in [7, 11) is 1.80. The number of anilines is 1. The predicted molar refractivity (Wildman–Crippen MR) is 66.9 cm³/mol.